The highest BCUT2D eigenvalue weighted by Crippen LogP contribution is 2.25. The van der Waals surface area contributed by atoms with Gasteiger partial charge in [-0.25, -0.2) is 0 Å². The molecule has 0 aromatic heterocycles. The Morgan fingerprint density at radius 2 is 1.47 bits per heavy atom. The zero-order valence-corrected chi connectivity index (χ0v) is 18.6. The highest BCUT2D eigenvalue weighted by atomic mass is 16.4. The topological polar surface area (TPSA) is 182 Å². The van der Waals surface area contributed by atoms with Crippen molar-refractivity contribution in [1.82, 2.24) is 20.4 Å². The van der Waals surface area contributed by atoms with Crippen LogP contribution in [0.15, 0.2) is 0 Å². The Balaban J connectivity index is 2.05. The van der Waals surface area contributed by atoms with Gasteiger partial charge in [0.2, 0.25) is 23.6 Å². The van der Waals surface area contributed by atoms with Gasteiger partial charge in [0.25, 0.3) is 0 Å². The minimum Gasteiger partial charge on any atom is -0.480 e. The Labute approximate surface area is 186 Å². The molecule has 2 saturated heterocycles. The Bertz CT molecular complexity index is 759. The molecule has 12 nitrogen and oxygen atoms in total. The molecule has 6 N–H and O–H groups in total. The molecule has 0 radical (unpaired) electrons. The monoisotopic (exact) mass is 455 g/mol. The van der Waals surface area contributed by atoms with Crippen LogP contribution in [0.4, 0.5) is 0 Å². The van der Waals surface area contributed by atoms with E-state index in [1.54, 1.807) is 0 Å². The molecule has 0 saturated carbocycles. The summed E-state index contributed by atoms with van der Waals surface area (Å²) in [6, 6.07) is -4.77. The molecule has 32 heavy (non-hydrogen) atoms. The molecule has 12 heteroatoms. The van der Waals surface area contributed by atoms with Crippen LogP contribution in [0.5, 0.6) is 0 Å². The standard InChI is InChI=1S/C20H33N5O7/c1-10(22-17(28)15(21)12(3)26)18(29)25-9-5-7-14(25)19(30)24-8-4-6-13(24)16(27)23-11(2)20(31)32/h10-15,26H,4-9,21H2,1-3H3,(H,22,28)(H,23,27)(H,31,32)/t10-,11-,12?,13-,14-,15?/m0/s1. The molecule has 2 aliphatic rings. The average molecular weight is 456 g/mol. The van der Waals surface area contributed by atoms with Crippen molar-refractivity contribution in [2.24, 2.45) is 5.73 Å². The van der Waals surface area contributed by atoms with Crippen molar-refractivity contribution in [3.8, 4) is 0 Å². The summed E-state index contributed by atoms with van der Waals surface area (Å²) in [7, 11) is 0. The van der Waals surface area contributed by atoms with E-state index in [1.807, 2.05) is 0 Å². The number of carboxylic acids is 1. The van der Waals surface area contributed by atoms with E-state index in [1.165, 1.54) is 30.6 Å². The van der Waals surface area contributed by atoms with Crippen LogP contribution < -0.4 is 16.4 Å². The number of amides is 4. The smallest absolute Gasteiger partial charge is 0.325 e. The van der Waals surface area contributed by atoms with Crippen LogP contribution >= 0.6 is 0 Å². The summed E-state index contributed by atoms with van der Waals surface area (Å²) < 4.78 is 0. The van der Waals surface area contributed by atoms with E-state index in [-0.39, 0.29) is 5.91 Å². The van der Waals surface area contributed by atoms with Gasteiger partial charge >= 0.3 is 5.97 Å². The van der Waals surface area contributed by atoms with Gasteiger partial charge in [0.1, 0.15) is 30.2 Å². The number of likely N-dealkylation sites (tertiary alicyclic amines) is 2. The normalized spacial score (nSPS) is 24.4. The number of aliphatic hydroxyl groups excluding tert-OH is 1. The van der Waals surface area contributed by atoms with Crippen molar-refractivity contribution in [2.45, 2.75) is 82.8 Å². The van der Waals surface area contributed by atoms with Crippen molar-refractivity contribution in [3.63, 3.8) is 0 Å². The van der Waals surface area contributed by atoms with E-state index in [2.05, 4.69) is 10.6 Å². The summed E-state index contributed by atoms with van der Waals surface area (Å²) >= 11 is 0. The number of rotatable bonds is 8. The first-order valence-electron chi connectivity index (χ1n) is 10.8. The van der Waals surface area contributed by atoms with E-state index in [0.717, 1.165) is 0 Å². The highest BCUT2D eigenvalue weighted by Gasteiger charge is 2.43. The number of nitrogens with one attached hydrogen (secondary N) is 2. The van der Waals surface area contributed by atoms with Crippen molar-refractivity contribution >= 4 is 29.6 Å². The van der Waals surface area contributed by atoms with Gasteiger partial charge in [0, 0.05) is 13.1 Å². The summed E-state index contributed by atoms with van der Waals surface area (Å²) in [5.74, 6) is -3.20. The van der Waals surface area contributed by atoms with Crippen molar-refractivity contribution in [3.05, 3.63) is 0 Å². The Kier molecular flexibility index (Phi) is 8.56. The van der Waals surface area contributed by atoms with Crippen LogP contribution in [0.3, 0.4) is 0 Å². The predicted molar refractivity (Wildman–Crippen MR) is 112 cm³/mol. The molecule has 2 aliphatic heterocycles. The summed E-state index contributed by atoms with van der Waals surface area (Å²) in [5, 5.41) is 23.3. The molecule has 2 fully saturated rings. The van der Waals surface area contributed by atoms with Crippen LogP contribution in [-0.4, -0.2) is 99.0 Å². The number of aliphatic hydroxyl groups is 1. The summed E-state index contributed by atoms with van der Waals surface area (Å²) in [6.07, 6.45) is 0.940. The third kappa shape index (κ3) is 5.74. The van der Waals surface area contributed by atoms with Gasteiger partial charge in [0.15, 0.2) is 0 Å². The zero-order valence-electron chi connectivity index (χ0n) is 18.6. The number of carbonyl (C=O) groups is 5. The second-order valence-electron chi connectivity index (χ2n) is 8.44. The van der Waals surface area contributed by atoms with Gasteiger partial charge in [-0.1, -0.05) is 0 Å². The number of hydrogen-bond acceptors (Lipinski definition) is 7. The van der Waals surface area contributed by atoms with Crippen LogP contribution in [0.25, 0.3) is 0 Å². The van der Waals surface area contributed by atoms with Crippen molar-refractivity contribution < 1.29 is 34.2 Å². The lowest BCUT2D eigenvalue weighted by molar-refractivity contribution is -0.148. The van der Waals surface area contributed by atoms with E-state index in [9.17, 15) is 29.1 Å². The third-order valence-electron chi connectivity index (χ3n) is 5.94. The van der Waals surface area contributed by atoms with Crippen LogP contribution in [0, 0.1) is 0 Å². The number of nitrogens with two attached hydrogens (primary N) is 1. The fourth-order valence-corrected chi connectivity index (χ4v) is 3.99. The second kappa shape index (κ2) is 10.7. The highest BCUT2D eigenvalue weighted by molar-refractivity contribution is 5.96. The number of aliphatic carboxylic acids is 1. The van der Waals surface area contributed by atoms with E-state index in [4.69, 9.17) is 10.8 Å². The van der Waals surface area contributed by atoms with Gasteiger partial charge < -0.3 is 36.4 Å². The molecule has 4 amide bonds. The molecule has 0 aromatic carbocycles. The van der Waals surface area contributed by atoms with Crippen LogP contribution in [0.2, 0.25) is 0 Å². The summed E-state index contributed by atoms with van der Waals surface area (Å²) in [5.41, 5.74) is 5.59. The largest absolute Gasteiger partial charge is 0.480 e. The number of hydrogen-bond donors (Lipinski definition) is 5. The molecule has 2 unspecified atom stereocenters. The first kappa shape index (κ1) is 25.5. The molecular formula is C20H33N5O7. The molecule has 0 aliphatic carbocycles. The molecule has 2 rings (SSSR count). The minimum atomic E-state index is -1.18. The van der Waals surface area contributed by atoms with E-state index in [0.29, 0.717) is 38.8 Å². The lowest BCUT2D eigenvalue weighted by atomic mass is 10.1. The van der Waals surface area contributed by atoms with E-state index < -0.39 is 60.0 Å². The molecule has 6 atom stereocenters. The van der Waals surface area contributed by atoms with E-state index >= 15 is 0 Å². The SMILES string of the molecule is CC(O)C(N)C(=O)N[C@@H](C)C(=O)N1CCC[C@H]1C(=O)N1CCC[C@H]1C(=O)N[C@@H](C)C(=O)O. The summed E-state index contributed by atoms with van der Waals surface area (Å²) in [4.78, 5) is 64.6. The predicted octanol–water partition coefficient (Wildman–Crippen LogP) is -2.23. The minimum absolute atomic E-state index is 0.332. The average Bonchev–Trinajstić information content (AvgIpc) is 3.41. The number of carbonyl (C=O) groups excluding carboxylic acids is 4. The van der Waals surface area contributed by atoms with Crippen LogP contribution in [0.1, 0.15) is 46.5 Å². The molecule has 0 spiro atoms. The maximum atomic E-state index is 13.2. The molecular weight excluding hydrogens is 422 g/mol. The van der Waals surface area contributed by atoms with Gasteiger partial charge in [-0.3, -0.25) is 24.0 Å². The van der Waals surface area contributed by atoms with Gasteiger partial charge in [0.05, 0.1) is 6.10 Å². The summed E-state index contributed by atoms with van der Waals surface area (Å²) in [6.45, 7) is 4.86. The molecule has 2 heterocycles. The molecule has 0 bridgehead atoms. The fraction of sp³-hybridized carbons (Fsp3) is 0.750. The lowest BCUT2D eigenvalue weighted by Gasteiger charge is -2.32. The Morgan fingerprint density at radius 3 is 2.03 bits per heavy atom. The number of nitrogens with zero attached hydrogens (tertiary/aromatic N) is 2. The van der Waals surface area contributed by atoms with Gasteiger partial charge in [-0.15, -0.1) is 0 Å². The van der Waals surface area contributed by atoms with Crippen LogP contribution in [-0.2, 0) is 24.0 Å². The maximum absolute atomic E-state index is 13.2. The van der Waals surface area contributed by atoms with Gasteiger partial charge in [-0.05, 0) is 46.5 Å². The third-order valence-corrected chi connectivity index (χ3v) is 5.94. The first-order chi connectivity index (χ1) is 15.0. The first-order valence-corrected chi connectivity index (χ1v) is 10.8. The maximum Gasteiger partial charge on any atom is 0.325 e. The molecule has 180 valence electrons. The molecule has 0 aromatic rings. The Hall–Kier alpha value is -2.73. The zero-order chi connectivity index (χ0) is 24.2. The van der Waals surface area contributed by atoms with Gasteiger partial charge in [-0.2, -0.15) is 0 Å². The Morgan fingerprint density at radius 1 is 0.906 bits per heavy atom. The lowest BCUT2D eigenvalue weighted by Crippen LogP contribution is -2.57. The van der Waals surface area contributed by atoms with Crippen molar-refractivity contribution in [2.75, 3.05) is 13.1 Å². The fourth-order valence-electron chi connectivity index (χ4n) is 3.99. The van der Waals surface area contributed by atoms with Crippen molar-refractivity contribution in [1.29, 1.82) is 0 Å². The second-order valence-corrected chi connectivity index (χ2v) is 8.44. The number of carboxylic acid groups (broad SMARTS) is 1. The quantitative estimate of drug-likeness (QED) is 0.272.